The van der Waals surface area contributed by atoms with Crippen molar-refractivity contribution in [2.24, 2.45) is 0 Å². The lowest BCUT2D eigenvalue weighted by Crippen LogP contribution is -2.32. The molecule has 0 spiro atoms. The van der Waals surface area contributed by atoms with Gasteiger partial charge in [0, 0.05) is 16.5 Å². The molecular formula is C21H22N2O2S. The fourth-order valence-electron chi connectivity index (χ4n) is 2.62. The zero-order valence-corrected chi connectivity index (χ0v) is 15.9. The predicted octanol–water partition coefficient (Wildman–Crippen LogP) is 4.61. The van der Waals surface area contributed by atoms with Crippen molar-refractivity contribution in [1.29, 1.82) is 0 Å². The zero-order valence-electron chi connectivity index (χ0n) is 15.1. The largest absolute Gasteiger partial charge is 0.350 e. The van der Waals surface area contributed by atoms with Gasteiger partial charge in [-0.25, -0.2) is 0 Å². The number of carbonyl (C=O) groups is 2. The van der Waals surface area contributed by atoms with Crippen LogP contribution in [0.15, 0.2) is 52.3 Å². The van der Waals surface area contributed by atoms with E-state index in [1.165, 1.54) is 11.8 Å². The summed E-state index contributed by atoms with van der Waals surface area (Å²) in [4.78, 5) is 26.3. The van der Waals surface area contributed by atoms with Gasteiger partial charge in [0.1, 0.15) is 0 Å². The molecular weight excluding hydrogens is 344 g/mol. The Bertz CT molecular complexity index is 889. The Morgan fingerprint density at radius 3 is 2.81 bits per heavy atom. The Morgan fingerprint density at radius 2 is 2.08 bits per heavy atom. The summed E-state index contributed by atoms with van der Waals surface area (Å²) < 4.78 is 0. The SMILES string of the molecule is CC[C@H](C)NC(=O)c1ccc2c(c1)NC(=O)/C(=C\c1cccc(C)c1)S2. The lowest BCUT2D eigenvalue weighted by Gasteiger charge is -2.20. The molecule has 134 valence electrons. The van der Waals surface area contributed by atoms with E-state index < -0.39 is 0 Å². The van der Waals surface area contributed by atoms with E-state index in [0.717, 1.165) is 22.4 Å². The van der Waals surface area contributed by atoms with Gasteiger partial charge < -0.3 is 10.6 Å². The number of hydrogen-bond acceptors (Lipinski definition) is 3. The minimum Gasteiger partial charge on any atom is -0.350 e. The van der Waals surface area contributed by atoms with Crippen LogP contribution in [0.25, 0.3) is 6.08 Å². The summed E-state index contributed by atoms with van der Waals surface area (Å²) in [6.07, 6.45) is 2.76. The van der Waals surface area contributed by atoms with E-state index in [9.17, 15) is 9.59 Å². The molecule has 2 amide bonds. The summed E-state index contributed by atoms with van der Waals surface area (Å²) >= 11 is 1.42. The first-order valence-electron chi connectivity index (χ1n) is 8.68. The first-order chi connectivity index (χ1) is 12.5. The average molecular weight is 366 g/mol. The van der Waals surface area contributed by atoms with Gasteiger partial charge >= 0.3 is 0 Å². The Labute approximate surface area is 158 Å². The number of nitrogens with one attached hydrogen (secondary N) is 2. The molecule has 4 nitrogen and oxygen atoms in total. The summed E-state index contributed by atoms with van der Waals surface area (Å²) in [6, 6.07) is 13.6. The van der Waals surface area contributed by atoms with Crippen LogP contribution in [0.1, 0.15) is 41.8 Å². The third-order valence-corrected chi connectivity index (χ3v) is 5.36. The van der Waals surface area contributed by atoms with Crippen LogP contribution < -0.4 is 10.6 Å². The number of amides is 2. The van der Waals surface area contributed by atoms with E-state index in [4.69, 9.17) is 0 Å². The third kappa shape index (κ3) is 4.17. The summed E-state index contributed by atoms with van der Waals surface area (Å²) in [6.45, 7) is 6.02. The van der Waals surface area contributed by atoms with E-state index in [-0.39, 0.29) is 17.9 Å². The molecule has 0 aromatic heterocycles. The first-order valence-corrected chi connectivity index (χ1v) is 9.50. The van der Waals surface area contributed by atoms with E-state index in [0.29, 0.717) is 16.2 Å². The Hall–Kier alpha value is -2.53. The van der Waals surface area contributed by atoms with E-state index in [1.54, 1.807) is 12.1 Å². The van der Waals surface area contributed by atoms with Crippen molar-refractivity contribution in [2.75, 3.05) is 5.32 Å². The molecule has 3 rings (SSSR count). The monoisotopic (exact) mass is 366 g/mol. The van der Waals surface area contributed by atoms with Gasteiger partial charge in [0.25, 0.3) is 11.8 Å². The highest BCUT2D eigenvalue weighted by atomic mass is 32.2. The second-order valence-electron chi connectivity index (χ2n) is 6.47. The normalized spacial score (nSPS) is 16.0. The minimum atomic E-state index is -0.150. The molecule has 26 heavy (non-hydrogen) atoms. The molecule has 0 saturated heterocycles. The van der Waals surface area contributed by atoms with Gasteiger partial charge in [-0.1, -0.05) is 48.5 Å². The van der Waals surface area contributed by atoms with Crippen molar-refractivity contribution < 1.29 is 9.59 Å². The molecule has 1 aliphatic rings. The number of hydrogen-bond donors (Lipinski definition) is 2. The van der Waals surface area contributed by atoms with E-state index >= 15 is 0 Å². The highest BCUT2D eigenvalue weighted by Crippen LogP contribution is 2.39. The number of thioether (sulfide) groups is 1. The zero-order chi connectivity index (χ0) is 18.7. The number of benzene rings is 2. The fraction of sp³-hybridized carbons (Fsp3) is 0.238. The molecule has 0 saturated carbocycles. The molecule has 0 fully saturated rings. The van der Waals surface area contributed by atoms with Gasteiger partial charge in [0.05, 0.1) is 10.6 Å². The fourth-order valence-corrected chi connectivity index (χ4v) is 3.55. The summed E-state index contributed by atoms with van der Waals surface area (Å²) in [7, 11) is 0. The number of anilines is 1. The average Bonchev–Trinajstić information content (AvgIpc) is 2.61. The van der Waals surface area contributed by atoms with Gasteiger partial charge in [0.2, 0.25) is 0 Å². The van der Waals surface area contributed by atoms with Crippen molar-refractivity contribution in [3.63, 3.8) is 0 Å². The lowest BCUT2D eigenvalue weighted by atomic mass is 10.1. The van der Waals surface area contributed by atoms with Crippen LogP contribution in [0.3, 0.4) is 0 Å². The second-order valence-corrected chi connectivity index (χ2v) is 7.56. The lowest BCUT2D eigenvalue weighted by molar-refractivity contribution is -0.112. The first kappa shape index (κ1) is 18.3. The smallest absolute Gasteiger partial charge is 0.262 e. The number of fused-ring (bicyclic) bond motifs is 1. The quantitative estimate of drug-likeness (QED) is 0.777. The van der Waals surface area contributed by atoms with Crippen LogP contribution in [0.2, 0.25) is 0 Å². The summed E-state index contributed by atoms with van der Waals surface area (Å²) in [5.41, 5.74) is 3.38. The minimum absolute atomic E-state index is 0.117. The maximum absolute atomic E-state index is 12.5. The van der Waals surface area contributed by atoms with Crippen molar-refractivity contribution in [2.45, 2.75) is 38.1 Å². The second kappa shape index (κ2) is 7.79. The van der Waals surface area contributed by atoms with Gasteiger partial charge in [-0.15, -0.1) is 0 Å². The van der Waals surface area contributed by atoms with Crippen LogP contribution in [0.5, 0.6) is 0 Å². The summed E-state index contributed by atoms with van der Waals surface area (Å²) in [5, 5.41) is 5.84. The van der Waals surface area contributed by atoms with Crippen LogP contribution in [-0.4, -0.2) is 17.9 Å². The number of rotatable bonds is 4. The standard InChI is InChI=1S/C21H22N2O2S/c1-4-14(3)22-20(24)16-8-9-18-17(12-16)23-21(25)19(26-18)11-15-7-5-6-13(2)10-15/h5-12,14H,4H2,1-3H3,(H,22,24)(H,23,25)/b19-11+/t14-/m0/s1. The molecule has 2 N–H and O–H groups in total. The topological polar surface area (TPSA) is 58.2 Å². The molecule has 0 unspecified atom stereocenters. The third-order valence-electron chi connectivity index (χ3n) is 4.26. The highest BCUT2D eigenvalue weighted by molar-refractivity contribution is 8.04. The summed E-state index contributed by atoms with van der Waals surface area (Å²) in [5.74, 6) is -0.272. The Balaban J connectivity index is 1.83. The van der Waals surface area contributed by atoms with Crippen molar-refractivity contribution >= 4 is 35.3 Å². The van der Waals surface area contributed by atoms with Crippen molar-refractivity contribution in [1.82, 2.24) is 5.32 Å². The van der Waals surface area contributed by atoms with Crippen molar-refractivity contribution in [3.8, 4) is 0 Å². The molecule has 1 atom stereocenters. The van der Waals surface area contributed by atoms with E-state index in [1.807, 2.05) is 57.2 Å². The van der Waals surface area contributed by atoms with Crippen LogP contribution in [0.4, 0.5) is 5.69 Å². The van der Waals surface area contributed by atoms with E-state index in [2.05, 4.69) is 10.6 Å². The van der Waals surface area contributed by atoms with Gasteiger partial charge in [-0.3, -0.25) is 9.59 Å². The maximum Gasteiger partial charge on any atom is 0.262 e. The molecule has 0 bridgehead atoms. The Kier molecular flexibility index (Phi) is 5.47. The number of aryl methyl sites for hydroxylation is 1. The molecule has 0 radical (unpaired) electrons. The highest BCUT2D eigenvalue weighted by Gasteiger charge is 2.22. The van der Waals surface area contributed by atoms with Crippen LogP contribution in [0, 0.1) is 6.92 Å². The van der Waals surface area contributed by atoms with Crippen LogP contribution in [-0.2, 0) is 4.79 Å². The molecule has 1 aliphatic heterocycles. The molecule has 2 aromatic carbocycles. The molecule has 0 aliphatic carbocycles. The number of carbonyl (C=O) groups excluding carboxylic acids is 2. The molecule has 5 heteroatoms. The molecule has 1 heterocycles. The van der Waals surface area contributed by atoms with Gasteiger partial charge in [0.15, 0.2) is 0 Å². The maximum atomic E-state index is 12.5. The van der Waals surface area contributed by atoms with Crippen LogP contribution >= 0.6 is 11.8 Å². The van der Waals surface area contributed by atoms with Gasteiger partial charge in [-0.2, -0.15) is 0 Å². The van der Waals surface area contributed by atoms with Crippen molar-refractivity contribution in [3.05, 3.63) is 64.1 Å². The predicted molar refractivity (Wildman–Crippen MR) is 107 cm³/mol. The Morgan fingerprint density at radius 1 is 1.27 bits per heavy atom. The van der Waals surface area contributed by atoms with Gasteiger partial charge in [-0.05, 0) is 50.1 Å². The molecule has 2 aromatic rings.